The quantitative estimate of drug-likeness (QED) is 0.267. The van der Waals surface area contributed by atoms with Gasteiger partial charge in [-0.25, -0.2) is 4.98 Å². The number of benzene rings is 2. The molecule has 0 saturated heterocycles. The third kappa shape index (κ3) is 4.82. The number of hydrogen-bond acceptors (Lipinski definition) is 6. The van der Waals surface area contributed by atoms with Crippen LogP contribution in [0.3, 0.4) is 0 Å². The molecule has 0 spiro atoms. The van der Waals surface area contributed by atoms with Gasteiger partial charge in [-0.15, -0.1) is 0 Å². The first-order valence-corrected chi connectivity index (χ1v) is 12.3. The van der Waals surface area contributed by atoms with Crippen molar-refractivity contribution in [1.82, 2.24) is 20.3 Å². The van der Waals surface area contributed by atoms with Crippen molar-refractivity contribution in [2.24, 2.45) is 0 Å². The number of aliphatic hydroxyl groups excluding tert-OH is 1. The van der Waals surface area contributed by atoms with E-state index in [0.717, 1.165) is 27.9 Å². The molecule has 3 heterocycles. The lowest BCUT2D eigenvalue weighted by atomic mass is 9.96. The van der Waals surface area contributed by atoms with E-state index in [9.17, 15) is 15.0 Å². The lowest BCUT2D eigenvalue weighted by Gasteiger charge is -2.15. The Balaban J connectivity index is 1.58. The number of fused-ring (bicyclic) bond motifs is 1. The smallest absolute Gasteiger partial charge is 0.270 e. The number of carbonyl (C=O) groups excluding carboxylic acids is 1. The Kier molecular flexibility index (Phi) is 7.08. The van der Waals surface area contributed by atoms with Crippen LogP contribution in [0.25, 0.3) is 33.3 Å². The van der Waals surface area contributed by atoms with Crippen molar-refractivity contribution >= 4 is 16.8 Å². The van der Waals surface area contributed by atoms with Crippen molar-refractivity contribution in [3.05, 3.63) is 107 Å². The summed E-state index contributed by atoms with van der Waals surface area (Å²) in [6.45, 7) is 2.08. The number of nitrogens with one attached hydrogen (secondary N) is 1. The van der Waals surface area contributed by atoms with Crippen molar-refractivity contribution < 1.29 is 20.7 Å². The van der Waals surface area contributed by atoms with Crippen LogP contribution in [-0.4, -0.2) is 31.1 Å². The van der Waals surface area contributed by atoms with Gasteiger partial charge in [0.05, 0.1) is 30.1 Å². The largest absolute Gasteiger partial charge is 0.506 e. The molecule has 0 aliphatic carbocycles. The molecule has 5 aromatic rings. The van der Waals surface area contributed by atoms with Crippen LogP contribution in [-0.2, 0) is 19.7 Å². The van der Waals surface area contributed by atoms with Gasteiger partial charge in [0.25, 0.3) is 5.91 Å². The summed E-state index contributed by atoms with van der Waals surface area (Å²) < 4.78 is 0. The van der Waals surface area contributed by atoms with E-state index in [1.807, 2.05) is 60.7 Å². The fourth-order valence-electron chi connectivity index (χ4n) is 4.43. The number of aryl methyl sites for hydroxylation is 1. The van der Waals surface area contributed by atoms with Crippen LogP contribution in [0.5, 0.6) is 5.75 Å². The van der Waals surface area contributed by atoms with Crippen molar-refractivity contribution in [2.75, 3.05) is 0 Å². The minimum Gasteiger partial charge on any atom is -0.506 e. The standard InChI is InChI=1S/C30H27N5O3/c1-18-29(37)25(22(17-36)15-33-18)16-34-30(38)28-24-13-23(20-5-3-2-4-6-20)27(35-26(24)11-12-32-28)21-9-7-19(14-31)8-10-21/h2-13,15,36-37H,14,16-17,31H2,1H3,(H,34,38)/p+1. The van der Waals surface area contributed by atoms with Crippen molar-refractivity contribution in [3.63, 3.8) is 0 Å². The Labute approximate surface area is 219 Å². The van der Waals surface area contributed by atoms with Gasteiger partial charge < -0.3 is 21.3 Å². The van der Waals surface area contributed by atoms with Crippen LogP contribution in [0.4, 0.5) is 0 Å². The van der Waals surface area contributed by atoms with E-state index in [2.05, 4.69) is 21.0 Å². The first-order chi connectivity index (χ1) is 18.5. The van der Waals surface area contributed by atoms with Gasteiger partial charge in [-0.3, -0.25) is 14.8 Å². The van der Waals surface area contributed by atoms with Gasteiger partial charge in [-0.2, -0.15) is 0 Å². The highest BCUT2D eigenvalue weighted by Gasteiger charge is 2.19. The molecule has 0 atom stereocenters. The Morgan fingerprint density at radius 2 is 1.76 bits per heavy atom. The second-order valence-corrected chi connectivity index (χ2v) is 8.96. The first kappa shape index (κ1) is 25.0. The predicted octanol–water partition coefficient (Wildman–Crippen LogP) is 3.54. The highest BCUT2D eigenvalue weighted by molar-refractivity contribution is 6.06. The summed E-state index contributed by atoms with van der Waals surface area (Å²) in [6, 6.07) is 21.8. The van der Waals surface area contributed by atoms with Gasteiger partial charge in [0.1, 0.15) is 11.4 Å². The predicted molar refractivity (Wildman–Crippen MR) is 145 cm³/mol. The molecular formula is C30H28N5O3+. The number of nitrogens with zero attached hydrogens (tertiary/aromatic N) is 3. The van der Waals surface area contributed by atoms with E-state index in [1.165, 1.54) is 6.20 Å². The fraction of sp³-hybridized carbons (Fsp3) is 0.133. The molecule has 2 aromatic carbocycles. The molecule has 8 nitrogen and oxygen atoms in total. The van der Waals surface area contributed by atoms with Crippen molar-refractivity contribution in [2.45, 2.75) is 26.6 Å². The minimum atomic E-state index is -0.415. The van der Waals surface area contributed by atoms with Crippen molar-refractivity contribution in [1.29, 1.82) is 0 Å². The summed E-state index contributed by atoms with van der Waals surface area (Å²) in [5.41, 5.74) is 10.9. The number of carbonyl (C=O) groups is 1. The number of aliphatic hydroxyl groups is 1. The molecule has 38 heavy (non-hydrogen) atoms. The van der Waals surface area contributed by atoms with E-state index < -0.39 is 5.91 Å². The summed E-state index contributed by atoms with van der Waals surface area (Å²) in [5.74, 6) is -0.466. The molecule has 190 valence electrons. The highest BCUT2D eigenvalue weighted by Crippen LogP contribution is 2.34. The third-order valence-corrected chi connectivity index (χ3v) is 6.59. The van der Waals surface area contributed by atoms with Gasteiger partial charge in [0.2, 0.25) is 0 Å². The highest BCUT2D eigenvalue weighted by atomic mass is 16.3. The SMILES string of the molecule is Cc1ncc(CO)c(CNC(=O)c2nccc3nc(-c4ccc(C[NH3+])cc4)c(-c4ccccc4)cc23)c1O. The zero-order valence-electron chi connectivity index (χ0n) is 21.0. The maximum absolute atomic E-state index is 13.3. The molecule has 5 rings (SSSR count). The molecule has 0 unspecified atom stereocenters. The number of aromatic hydroxyl groups is 1. The van der Waals surface area contributed by atoms with Crippen LogP contribution >= 0.6 is 0 Å². The normalized spacial score (nSPS) is 11.0. The third-order valence-electron chi connectivity index (χ3n) is 6.59. The Morgan fingerprint density at radius 1 is 1.00 bits per heavy atom. The number of hydrogen-bond donors (Lipinski definition) is 4. The van der Waals surface area contributed by atoms with Crippen LogP contribution in [0.2, 0.25) is 0 Å². The second kappa shape index (κ2) is 10.8. The topological polar surface area (TPSA) is 136 Å². The van der Waals surface area contributed by atoms with Gasteiger partial charge in [-0.05, 0) is 24.6 Å². The Morgan fingerprint density at radius 3 is 2.47 bits per heavy atom. The lowest BCUT2D eigenvalue weighted by molar-refractivity contribution is -0.386. The first-order valence-electron chi connectivity index (χ1n) is 12.3. The Hall–Kier alpha value is -4.66. The molecule has 8 heteroatoms. The molecule has 0 radical (unpaired) electrons. The van der Waals surface area contributed by atoms with Gasteiger partial charge in [-0.1, -0.05) is 54.6 Å². The van der Waals surface area contributed by atoms with E-state index in [4.69, 9.17) is 4.98 Å². The fourth-order valence-corrected chi connectivity index (χ4v) is 4.43. The minimum absolute atomic E-state index is 0.0116. The summed E-state index contributed by atoms with van der Waals surface area (Å²) in [6.07, 6.45) is 3.06. The molecule has 6 N–H and O–H groups in total. The summed E-state index contributed by atoms with van der Waals surface area (Å²) in [5, 5.41) is 23.5. The van der Waals surface area contributed by atoms with Gasteiger partial charge >= 0.3 is 0 Å². The van der Waals surface area contributed by atoms with Crippen LogP contribution in [0.1, 0.15) is 32.9 Å². The summed E-state index contributed by atoms with van der Waals surface area (Å²) in [4.78, 5) is 26.8. The summed E-state index contributed by atoms with van der Waals surface area (Å²) >= 11 is 0. The van der Waals surface area contributed by atoms with E-state index >= 15 is 0 Å². The molecule has 0 aliphatic heterocycles. The second-order valence-electron chi connectivity index (χ2n) is 8.96. The number of pyridine rings is 3. The summed E-state index contributed by atoms with van der Waals surface area (Å²) in [7, 11) is 0. The van der Waals surface area contributed by atoms with E-state index in [-0.39, 0.29) is 24.6 Å². The number of rotatable bonds is 7. The molecule has 0 aliphatic rings. The van der Waals surface area contributed by atoms with Crippen LogP contribution in [0, 0.1) is 6.92 Å². The zero-order chi connectivity index (χ0) is 26.6. The molecule has 1 amide bonds. The maximum atomic E-state index is 13.3. The maximum Gasteiger partial charge on any atom is 0.270 e. The van der Waals surface area contributed by atoms with Crippen LogP contribution < -0.4 is 11.1 Å². The lowest BCUT2D eigenvalue weighted by Crippen LogP contribution is -2.47. The van der Waals surface area contributed by atoms with Gasteiger partial charge in [0.15, 0.2) is 0 Å². The van der Waals surface area contributed by atoms with Crippen LogP contribution in [0.15, 0.2) is 79.1 Å². The molecule has 0 bridgehead atoms. The molecule has 0 fully saturated rings. The molecule has 3 aromatic heterocycles. The monoisotopic (exact) mass is 506 g/mol. The number of amides is 1. The zero-order valence-corrected chi connectivity index (χ0v) is 21.0. The van der Waals surface area contributed by atoms with E-state index in [1.54, 1.807) is 19.2 Å². The van der Waals surface area contributed by atoms with E-state index in [0.29, 0.717) is 34.3 Å². The van der Waals surface area contributed by atoms with Gasteiger partial charge in [0, 0.05) is 52.1 Å². The molecule has 0 saturated carbocycles. The molecular weight excluding hydrogens is 478 g/mol. The Bertz CT molecular complexity index is 1620. The average Bonchev–Trinajstić information content (AvgIpc) is 2.97. The number of aromatic nitrogens is 3. The van der Waals surface area contributed by atoms with Crippen molar-refractivity contribution in [3.8, 4) is 28.1 Å². The number of quaternary nitrogens is 1. The average molecular weight is 507 g/mol.